The van der Waals surface area contributed by atoms with Crippen LogP contribution in [0.4, 0.5) is 0 Å². The minimum Gasteiger partial charge on any atom is -0.507 e. The Bertz CT molecular complexity index is 1240. The van der Waals surface area contributed by atoms with Gasteiger partial charge in [-0.15, -0.1) is 0 Å². The van der Waals surface area contributed by atoms with Crippen molar-refractivity contribution < 1.29 is 19.4 Å². The van der Waals surface area contributed by atoms with Gasteiger partial charge in [-0.3, -0.25) is 9.59 Å². The Hall–Kier alpha value is -3.54. The van der Waals surface area contributed by atoms with Gasteiger partial charge in [-0.2, -0.15) is 0 Å². The molecule has 1 aromatic heterocycles. The van der Waals surface area contributed by atoms with Gasteiger partial charge in [-0.25, -0.2) is 0 Å². The number of unbranched alkanes of at least 4 members (excludes halogenated alkanes) is 2. The third-order valence-corrected chi connectivity index (χ3v) is 6.37. The van der Waals surface area contributed by atoms with Crippen molar-refractivity contribution in [3.63, 3.8) is 0 Å². The maximum Gasteiger partial charge on any atom is 0.295 e. The number of carbonyl (C=O) groups excluding carboxylic acids is 2. The Morgan fingerprint density at radius 2 is 1.88 bits per heavy atom. The number of fused-ring (bicyclic) bond motifs is 1. The highest BCUT2D eigenvalue weighted by Gasteiger charge is 2.46. The van der Waals surface area contributed by atoms with Gasteiger partial charge >= 0.3 is 0 Å². The van der Waals surface area contributed by atoms with E-state index in [2.05, 4.69) is 11.9 Å². The second-order valence-corrected chi connectivity index (χ2v) is 8.82. The molecule has 0 spiro atoms. The summed E-state index contributed by atoms with van der Waals surface area (Å²) < 4.78 is 5.75. The normalized spacial score (nSPS) is 17.6. The van der Waals surface area contributed by atoms with Gasteiger partial charge in [0, 0.05) is 34.8 Å². The van der Waals surface area contributed by atoms with Gasteiger partial charge in [0.05, 0.1) is 18.2 Å². The summed E-state index contributed by atoms with van der Waals surface area (Å²) in [6.45, 7) is 7.11. The van der Waals surface area contributed by atoms with E-state index in [4.69, 9.17) is 4.74 Å². The van der Waals surface area contributed by atoms with Crippen LogP contribution in [0.25, 0.3) is 16.7 Å². The minimum atomic E-state index is -0.649. The van der Waals surface area contributed by atoms with Crippen molar-refractivity contribution in [2.75, 3.05) is 13.2 Å². The number of carbonyl (C=O) groups is 2. The number of aliphatic hydroxyl groups is 1. The van der Waals surface area contributed by atoms with Crippen LogP contribution in [0.2, 0.25) is 0 Å². The molecule has 6 nitrogen and oxygen atoms in total. The summed E-state index contributed by atoms with van der Waals surface area (Å²) in [5.74, 6) is -0.621. The number of nitrogens with zero attached hydrogens (tertiary/aromatic N) is 1. The number of aryl methyl sites for hydroxylation is 1. The Morgan fingerprint density at radius 1 is 1.09 bits per heavy atom. The highest BCUT2D eigenvalue weighted by atomic mass is 16.5. The lowest BCUT2D eigenvalue weighted by Gasteiger charge is -2.25. The van der Waals surface area contributed by atoms with Crippen LogP contribution in [0.3, 0.4) is 0 Å². The third-order valence-electron chi connectivity index (χ3n) is 6.37. The summed E-state index contributed by atoms with van der Waals surface area (Å²) in [5.41, 5.74) is 3.22. The number of ether oxygens (including phenoxy) is 1. The molecule has 1 aliphatic rings. The monoisotopic (exact) mass is 460 g/mol. The second kappa shape index (κ2) is 10.2. The average Bonchev–Trinajstić information content (AvgIpc) is 3.37. The van der Waals surface area contributed by atoms with E-state index in [0.717, 1.165) is 53.5 Å². The molecule has 0 bridgehead atoms. The molecule has 2 N–H and O–H groups in total. The summed E-state index contributed by atoms with van der Waals surface area (Å²) in [5, 5.41) is 12.3. The molecule has 1 unspecified atom stereocenters. The van der Waals surface area contributed by atoms with E-state index in [0.29, 0.717) is 18.7 Å². The van der Waals surface area contributed by atoms with E-state index in [1.54, 1.807) is 23.1 Å². The zero-order valence-electron chi connectivity index (χ0n) is 20.1. The predicted molar refractivity (Wildman–Crippen MR) is 134 cm³/mol. The van der Waals surface area contributed by atoms with E-state index < -0.39 is 17.7 Å². The standard InChI is InChI=1S/C28H32N2O4/c1-4-6-9-14-30-25(21-17-29-22-11-8-7-10-20(21)22)24(27(32)28(30)33)26(31)19-12-13-23(18(3)16-19)34-15-5-2/h7-8,10-13,16-17,25,29,31H,4-6,9,14-15H2,1-3H3/b26-24+. The predicted octanol–water partition coefficient (Wildman–Crippen LogP) is 5.88. The van der Waals surface area contributed by atoms with Gasteiger partial charge in [-0.05, 0) is 49.6 Å². The lowest BCUT2D eigenvalue weighted by molar-refractivity contribution is -0.139. The van der Waals surface area contributed by atoms with Crippen LogP contribution in [0.1, 0.15) is 62.3 Å². The first-order valence-electron chi connectivity index (χ1n) is 12.1. The number of para-hydroxylation sites is 1. The van der Waals surface area contributed by atoms with Gasteiger partial charge in [-0.1, -0.05) is 44.9 Å². The summed E-state index contributed by atoms with van der Waals surface area (Å²) in [6.07, 6.45) is 5.50. The zero-order chi connectivity index (χ0) is 24.2. The number of nitrogens with one attached hydrogen (secondary N) is 1. The molecule has 178 valence electrons. The molecule has 1 fully saturated rings. The number of aromatic nitrogens is 1. The van der Waals surface area contributed by atoms with Crippen molar-refractivity contribution in [1.29, 1.82) is 0 Å². The molecule has 2 aromatic carbocycles. The van der Waals surface area contributed by atoms with Crippen LogP contribution >= 0.6 is 0 Å². The largest absolute Gasteiger partial charge is 0.507 e. The fourth-order valence-electron chi connectivity index (χ4n) is 4.61. The highest BCUT2D eigenvalue weighted by molar-refractivity contribution is 6.46. The topological polar surface area (TPSA) is 82.6 Å². The molecule has 0 radical (unpaired) electrons. The van der Waals surface area contributed by atoms with Crippen molar-refractivity contribution in [1.82, 2.24) is 9.88 Å². The van der Waals surface area contributed by atoms with E-state index >= 15 is 0 Å². The van der Waals surface area contributed by atoms with Crippen LogP contribution in [-0.2, 0) is 9.59 Å². The number of amides is 1. The Morgan fingerprint density at radius 3 is 2.62 bits per heavy atom. The molecule has 1 amide bonds. The highest BCUT2D eigenvalue weighted by Crippen LogP contribution is 2.42. The van der Waals surface area contributed by atoms with Gasteiger partial charge in [0.1, 0.15) is 11.5 Å². The number of Topliss-reactive ketones (excluding diaryl/α,β-unsaturated/α-hetero) is 1. The number of benzene rings is 2. The molecular formula is C28H32N2O4. The van der Waals surface area contributed by atoms with Crippen molar-refractivity contribution in [3.05, 3.63) is 70.9 Å². The number of likely N-dealkylation sites (tertiary alicyclic amines) is 1. The van der Waals surface area contributed by atoms with Crippen molar-refractivity contribution in [2.45, 2.75) is 52.5 Å². The molecule has 34 heavy (non-hydrogen) atoms. The first-order valence-corrected chi connectivity index (χ1v) is 12.1. The third kappa shape index (κ3) is 4.32. The smallest absolute Gasteiger partial charge is 0.295 e. The number of ketones is 1. The Kier molecular flexibility index (Phi) is 7.06. The lowest BCUT2D eigenvalue weighted by atomic mass is 9.94. The minimum absolute atomic E-state index is 0.132. The summed E-state index contributed by atoms with van der Waals surface area (Å²) in [6, 6.07) is 12.5. The van der Waals surface area contributed by atoms with Gasteiger partial charge < -0.3 is 19.7 Å². The maximum atomic E-state index is 13.3. The van der Waals surface area contributed by atoms with Crippen LogP contribution < -0.4 is 4.74 Å². The van der Waals surface area contributed by atoms with Crippen LogP contribution in [-0.4, -0.2) is 39.8 Å². The molecular weight excluding hydrogens is 428 g/mol. The molecule has 3 aromatic rings. The average molecular weight is 461 g/mol. The molecule has 4 rings (SSSR count). The molecule has 0 saturated carbocycles. The molecule has 2 heterocycles. The molecule has 1 saturated heterocycles. The lowest BCUT2D eigenvalue weighted by Crippen LogP contribution is -2.30. The molecule has 1 atom stereocenters. The molecule has 0 aliphatic carbocycles. The van der Waals surface area contributed by atoms with E-state index in [-0.39, 0.29) is 11.3 Å². The Labute approximate surface area is 200 Å². The van der Waals surface area contributed by atoms with Gasteiger partial charge in [0.25, 0.3) is 11.7 Å². The summed E-state index contributed by atoms with van der Waals surface area (Å²) >= 11 is 0. The van der Waals surface area contributed by atoms with E-state index in [1.165, 1.54) is 0 Å². The number of hydrogen-bond acceptors (Lipinski definition) is 4. The first-order chi connectivity index (χ1) is 16.5. The van der Waals surface area contributed by atoms with Crippen molar-refractivity contribution in [3.8, 4) is 5.75 Å². The van der Waals surface area contributed by atoms with Crippen LogP contribution in [0.15, 0.2) is 54.2 Å². The SMILES string of the molecule is CCCCCN1C(=O)C(=O)/C(=C(/O)c2ccc(OCCC)c(C)c2)C1c1c[nH]c2ccccc12. The second-order valence-electron chi connectivity index (χ2n) is 8.82. The fraction of sp³-hybridized carbons (Fsp3) is 0.357. The zero-order valence-corrected chi connectivity index (χ0v) is 20.1. The van der Waals surface area contributed by atoms with E-state index in [9.17, 15) is 14.7 Å². The van der Waals surface area contributed by atoms with Crippen LogP contribution in [0, 0.1) is 6.92 Å². The summed E-state index contributed by atoms with van der Waals surface area (Å²) in [4.78, 5) is 31.2. The van der Waals surface area contributed by atoms with E-state index in [1.807, 2.05) is 44.3 Å². The van der Waals surface area contributed by atoms with Gasteiger partial charge in [0.15, 0.2) is 0 Å². The first kappa shape index (κ1) is 23.6. The number of aliphatic hydroxyl groups excluding tert-OH is 1. The fourth-order valence-corrected chi connectivity index (χ4v) is 4.61. The van der Waals surface area contributed by atoms with Crippen molar-refractivity contribution in [2.24, 2.45) is 0 Å². The molecule has 1 aliphatic heterocycles. The summed E-state index contributed by atoms with van der Waals surface area (Å²) in [7, 11) is 0. The van der Waals surface area contributed by atoms with Crippen molar-refractivity contribution >= 4 is 28.4 Å². The Balaban J connectivity index is 1.83. The number of H-pyrrole nitrogens is 1. The maximum absolute atomic E-state index is 13.3. The van der Waals surface area contributed by atoms with Crippen LogP contribution in [0.5, 0.6) is 5.75 Å². The quantitative estimate of drug-likeness (QED) is 0.181. The number of hydrogen-bond donors (Lipinski definition) is 2. The number of aromatic amines is 1. The van der Waals surface area contributed by atoms with Gasteiger partial charge in [0.2, 0.25) is 0 Å². The number of rotatable bonds is 9. The molecule has 6 heteroatoms.